The number of hydrogen-bond acceptors (Lipinski definition) is 0. The zero-order valence-electron chi connectivity index (χ0n) is 12.3. The number of rotatable bonds is 4. The molecule has 0 heterocycles. The first-order valence-corrected chi connectivity index (χ1v) is 7.49. The molecule has 1 saturated carbocycles. The highest BCUT2D eigenvalue weighted by molar-refractivity contribution is 4.87. The second-order valence-corrected chi connectivity index (χ2v) is 6.72. The quantitative estimate of drug-likeness (QED) is 0.601. The molecule has 0 heteroatoms. The minimum absolute atomic E-state index is 0.847. The van der Waals surface area contributed by atoms with Crippen molar-refractivity contribution < 1.29 is 0 Å². The Kier molecular flexibility index (Phi) is 5.34. The fourth-order valence-corrected chi connectivity index (χ4v) is 4.38. The van der Waals surface area contributed by atoms with E-state index in [2.05, 4.69) is 41.5 Å². The van der Waals surface area contributed by atoms with E-state index < -0.39 is 0 Å². The van der Waals surface area contributed by atoms with Crippen LogP contribution < -0.4 is 0 Å². The summed E-state index contributed by atoms with van der Waals surface area (Å²) in [5, 5.41) is 0. The maximum atomic E-state index is 2.50. The molecule has 0 aromatic rings. The summed E-state index contributed by atoms with van der Waals surface area (Å²) in [5.74, 6) is 5.56. The molecule has 1 fully saturated rings. The van der Waals surface area contributed by atoms with E-state index in [0.29, 0.717) is 0 Å². The topological polar surface area (TPSA) is 0 Å². The third-order valence-corrected chi connectivity index (χ3v) is 4.94. The maximum Gasteiger partial charge on any atom is -0.0327 e. The first kappa shape index (κ1) is 14.1. The van der Waals surface area contributed by atoms with Crippen molar-refractivity contribution in [2.24, 2.45) is 35.5 Å². The van der Waals surface area contributed by atoms with Gasteiger partial charge in [-0.25, -0.2) is 0 Å². The lowest BCUT2D eigenvalue weighted by Crippen LogP contribution is -2.37. The molecule has 0 aromatic heterocycles. The lowest BCUT2D eigenvalue weighted by atomic mass is 9.61. The molecular formula is C16H32. The standard InChI is InChI=1S/C16H32/c1-7-14-10-8-9-13(6)16(14)15(11(2)3)12(4)5/h11-16H,7-10H2,1-6H3. The average Bonchev–Trinajstić information content (AvgIpc) is 2.19. The lowest BCUT2D eigenvalue weighted by Gasteiger charge is -2.45. The molecule has 0 aliphatic heterocycles. The highest BCUT2D eigenvalue weighted by Gasteiger charge is 2.37. The summed E-state index contributed by atoms with van der Waals surface area (Å²) in [5.41, 5.74) is 0. The maximum absolute atomic E-state index is 2.50. The van der Waals surface area contributed by atoms with Gasteiger partial charge in [-0.15, -0.1) is 0 Å². The molecule has 96 valence electrons. The van der Waals surface area contributed by atoms with Crippen LogP contribution in [0.4, 0.5) is 0 Å². The van der Waals surface area contributed by atoms with Gasteiger partial charge in [0.2, 0.25) is 0 Å². The van der Waals surface area contributed by atoms with Crippen molar-refractivity contribution in [2.75, 3.05) is 0 Å². The van der Waals surface area contributed by atoms with Gasteiger partial charge in [0.25, 0.3) is 0 Å². The van der Waals surface area contributed by atoms with Crippen molar-refractivity contribution in [3.05, 3.63) is 0 Å². The summed E-state index contributed by atoms with van der Waals surface area (Å²) < 4.78 is 0. The lowest BCUT2D eigenvalue weighted by molar-refractivity contribution is 0.0445. The summed E-state index contributed by atoms with van der Waals surface area (Å²) in [6.07, 6.45) is 5.82. The third kappa shape index (κ3) is 3.02. The second kappa shape index (κ2) is 6.07. The van der Waals surface area contributed by atoms with Crippen LogP contribution in [-0.2, 0) is 0 Å². The Morgan fingerprint density at radius 3 is 2.00 bits per heavy atom. The van der Waals surface area contributed by atoms with Crippen molar-refractivity contribution in [3.63, 3.8) is 0 Å². The monoisotopic (exact) mass is 224 g/mol. The van der Waals surface area contributed by atoms with Crippen molar-refractivity contribution >= 4 is 0 Å². The summed E-state index contributed by atoms with van der Waals surface area (Å²) in [6, 6.07) is 0. The van der Waals surface area contributed by atoms with Crippen LogP contribution in [0.1, 0.15) is 67.2 Å². The van der Waals surface area contributed by atoms with Crippen molar-refractivity contribution in [1.82, 2.24) is 0 Å². The third-order valence-electron chi connectivity index (χ3n) is 4.94. The molecule has 0 spiro atoms. The van der Waals surface area contributed by atoms with Gasteiger partial charge in [-0.3, -0.25) is 0 Å². The smallest absolute Gasteiger partial charge is 0.0327 e. The predicted molar refractivity (Wildman–Crippen MR) is 73.5 cm³/mol. The molecule has 0 N–H and O–H groups in total. The Bertz CT molecular complexity index is 184. The normalized spacial score (nSPS) is 31.7. The van der Waals surface area contributed by atoms with Crippen molar-refractivity contribution in [1.29, 1.82) is 0 Å². The molecule has 3 atom stereocenters. The van der Waals surface area contributed by atoms with Crippen LogP contribution in [-0.4, -0.2) is 0 Å². The Morgan fingerprint density at radius 2 is 1.56 bits per heavy atom. The summed E-state index contributed by atoms with van der Waals surface area (Å²) >= 11 is 0. The largest absolute Gasteiger partial charge is 0.0651 e. The van der Waals surface area contributed by atoms with Crippen molar-refractivity contribution in [2.45, 2.75) is 67.2 Å². The molecule has 1 aliphatic rings. The first-order chi connectivity index (χ1) is 7.49. The van der Waals surface area contributed by atoms with E-state index in [0.717, 1.165) is 35.5 Å². The van der Waals surface area contributed by atoms with Gasteiger partial charge in [-0.2, -0.15) is 0 Å². The fraction of sp³-hybridized carbons (Fsp3) is 1.00. The van der Waals surface area contributed by atoms with E-state index in [1.807, 2.05) is 0 Å². The molecule has 0 nitrogen and oxygen atoms in total. The second-order valence-electron chi connectivity index (χ2n) is 6.72. The van der Waals surface area contributed by atoms with Crippen LogP contribution in [0, 0.1) is 35.5 Å². The molecule has 16 heavy (non-hydrogen) atoms. The average molecular weight is 224 g/mol. The molecule has 0 radical (unpaired) electrons. The minimum Gasteiger partial charge on any atom is -0.0651 e. The molecule has 0 aromatic carbocycles. The SMILES string of the molecule is CCC1CCCC(C)C1C(C(C)C)C(C)C. The predicted octanol–water partition coefficient (Wildman–Crippen LogP) is 5.38. The van der Waals surface area contributed by atoms with E-state index in [1.54, 1.807) is 0 Å². The Hall–Kier alpha value is 0. The fourth-order valence-electron chi connectivity index (χ4n) is 4.38. The molecule has 0 bridgehead atoms. The van der Waals surface area contributed by atoms with Gasteiger partial charge < -0.3 is 0 Å². The molecule has 0 amide bonds. The van der Waals surface area contributed by atoms with Crippen LogP contribution in [0.25, 0.3) is 0 Å². The van der Waals surface area contributed by atoms with Gasteiger partial charge in [0.1, 0.15) is 0 Å². The first-order valence-electron chi connectivity index (χ1n) is 7.49. The minimum atomic E-state index is 0.847. The summed E-state index contributed by atoms with van der Waals surface area (Å²) in [7, 11) is 0. The Labute approximate surface area is 103 Å². The molecule has 0 saturated heterocycles. The molecule has 1 rings (SSSR count). The molecule has 3 unspecified atom stereocenters. The van der Waals surface area contributed by atoms with E-state index in [1.165, 1.54) is 25.7 Å². The van der Waals surface area contributed by atoms with Crippen LogP contribution >= 0.6 is 0 Å². The summed E-state index contributed by atoms with van der Waals surface area (Å²) in [4.78, 5) is 0. The van der Waals surface area contributed by atoms with E-state index in [-0.39, 0.29) is 0 Å². The van der Waals surface area contributed by atoms with Gasteiger partial charge in [0.15, 0.2) is 0 Å². The Morgan fingerprint density at radius 1 is 1.00 bits per heavy atom. The van der Waals surface area contributed by atoms with Crippen LogP contribution in [0.15, 0.2) is 0 Å². The van der Waals surface area contributed by atoms with Gasteiger partial charge in [-0.05, 0) is 35.5 Å². The highest BCUT2D eigenvalue weighted by Crippen LogP contribution is 2.45. The van der Waals surface area contributed by atoms with E-state index in [4.69, 9.17) is 0 Å². The van der Waals surface area contributed by atoms with Gasteiger partial charge in [0, 0.05) is 0 Å². The summed E-state index contributed by atoms with van der Waals surface area (Å²) in [6.45, 7) is 14.6. The molecular weight excluding hydrogens is 192 g/mol. The zero-order chi connectivity index (χ0) is 12.3. The van der Waals surface area contributed by atoms with Crippen LogP contribution in [0.5, 0.6) is 0 Å². The van der Waals surface area contributed by atoms with E-state index in [9.17, 15) is 0 Å². The van der Waals surface area contributed by atoms with Crippen LogP contribution in [0.2, 0.25) is 0 Å². The highest BCUT2D eigenvalue weighted by atomic mass is 14.4. The van der Waals surface area contributed by atoms with E-state index >= 15 is 0 Å². The zero-order valence-corrected chi connectivity index (χ0v) is 12.3. The van der Waals surface area contributed by atoms with Crippen molar-refractivity contribution in [3.8, 4) is 0 Å². The van der Waals surface area contributed by atoms with Gasteiger partial charge >= 0.3 is 0 Å². The Balaban J connectivity index is 2.84. The molecule has 1 aliphatic carbocycles. The van der Waals surface area contributed by atoms with Gasteiger partial charge in [-0.1, -0.05) is 67.2 Å². The van der Waals surface area contributed by atoms with Gasteiger partial charge in [0.05, 0.1) is 0 Å². The van der Waals surface area contributed by atoms with Crippen LogP contribution in [0.3, 0.4) is 0 Å². The number of hydrogen-bond donors (Lipinski definition) is 0.